The highest BCUT2D eigenvalue weighted by Crippen LogP contribution is 2.22. The van der Waals surface area contributed by atoms with Gasteiger partial charge in [0.05, 0.1) is 10.2 Å². The molecule has 0 saturated heterocycles. The van der Waals surface area contributed by atoms with Gasteiger partial charge in [0, 0.05) is 18.7 Å². The third kappa shape index (κ3) is 3.19. The SMILES string of the molecule is CCC(C)(C)C(=O)Nc1cc(Br)c(=O)n(C)c1. The van der Waals surface area contributed by atoms with Gasteiger partial charge in [0.15, 0.2) is 0 Å². The van der Waals surface area contributed by atoms with E-state index in [1.54, 1.807) is 19.3 Å². The molecule has 0 aliphatic rings. The van der Waals surface area contributed by atoms with Crippen molar-refractivity contribution in [1.29, 1.82) is 0 Å². The molecule has 0 aromatic carbocycles. The minimum absolute atomic E-state index is 0.0504. The normalized spacial score (nSPS) is 11.4. The Morgan fingerprint density at radius 2 is 2.12 bits per heavy atom. The summed E-state index contributed by atoms with van der Waals surface area (Å²) in [5, 5.41) is 2.81. The monoisotopic (exact) mass is 300 g/mol. The third-order valence-corrected chi connectivity index (χ3v) is 3.46. The average Bonchev–Trinajstić information content (AvgIpc) is 2.25. The number of aryl methyl sites for hydroxylation is 1. The van der Waals surface area contributed by atoms with Gasteiger partial charge in [-0.05, 0) is 28.4 Å². The van der Waals surface area contributed by atoms with Crippen LogP contribution in [0.15, 0.2) is 21.5 Å². The van der Waals surface area contributed by atoms with Gasteiger partial charge in [-0.2, -0.15) is 0 Å². The lowest BCUT2D eigenvalue weighted by Gasteiger charge is -2.21. The van der Waals surface area contributed by atoms with Crippen molar-refractivity contribution in [2.24, 2.45) is 12.5 Å². The maximum Gasteiger partial charge on any atom is 0.264 e. The van der Waals surface area contributed by atoms with Crippen LogP contribution in [0.2, 0.25) is 0 Å². The van der Waals surface area contributed by atoms with Crippen LogP contribution < -0.4 is 10.9 Å². The van der Waals surface area contributed by atoms with Crippen LogP contribution in [-0.2, 0) is 11.8 Å². The molecule has 0 saturated carbocycles. The summed E-state index contributed by atoms with van der Waals surface area (Å²) >= 11 is 3.17. The first-order valence-electron chi connectivity index (χ1n) is 5.45. The number of amides is 1. The molecule has 4 nitrogen and oxygen atoms in total. The molecule has 0 aliphatic carbocycles. The largest absolute Gasteiger partial charge is 0.324 e. The van der Waals surface area contributed by atoms with Crippen LogP contribution in [0, 0.1) is 5.41 Å². The highest BCUT2D eigenvalue weighted by atomic mass is 79.9. The van der Waals surface area contributed by atoms with Gasteiger partial charge < -0.3 is 9.88 Å². The number of anilines is 1. The molecule has 0 bridgehead atoms. The molecule has 17 heavy (non-hydrogen) atoms. The molecule has 94 valence electrons. The molecule has 1 aromatic heterocycles. The molecule has 0 unspecified atom stereocenters. The van der Waals surface area contributed by atoms with E-state index in [4.69, 9.17) is 0 Å². The molecule has 1 heterocycles. The molecule has 0 spiro atoms. The van der Waals surface area contributed by atoms with Gasteiger partial charge in [0.25, 0.3) is 5.56 Å². The zero-order valence-electron chi connectivity index (χ0n) is 10.5. The predicted molar refractivity (Wildman–Crippen MR) is 72.1 cm³/mol. The Morgan fingerprint density at radius 1 is 1.53 bits per heavy atom. The average molecular weight is 301 g/mol. The molecular weight excluding hydrogens is 284 g/mol. The molecule has 1 aromatic rings. The van der Waals surface area contributed by atoms with E-state index < -0.39 is 5.41 Å². The first kappa shape index (κ1) is 14.0. The second-order valence-corrected chi connectivity index (χ2v) is 5.54. The maximum absolute atomic E-state index is 12.0. The van der Waals surface area contributed by atoms with Crippen molar-refractivity contribution in [1.82, 2.24) is 4.57 Å². The van der Waals surface area contributed by atoms with E-state index in [1.807, 2.05) is 20.8 Å². The summed E-state index contributed by atoms with van der Waals surface area (Å²) in [4.78, 5) is 23.4. The number of pyridine rings is 1. The van der Waals surface area contributed by atoms with E-state index in [2.05, 4.69) is 21.2 Å². The Hall–Kier alpha value is -1.10. The van der Waals surface area contributed by atoms with Gasteiger partial charge >= 0.3 is 0 Å². The Morgan fingerprint density at radius 3 is 2.59 bits per heavy atom. The van der Waals surface area contributed by atoms with Crippen molar-refractivity contribution >= 4 is 27.5 Å². The molecule has 1 rings (SSSR count). The van der Waals surface area contributed by atoms with Crippen LogP contribution in [0.25, 0.3) is 0 Å². The van der Waals surface area contributed by atoms with E-state index in [1.165, 1.54) is 4.57 Å². The fourth-order valence-electron chi connectivity index (χ4n) is 1.20. The zero-order valence-corrected chi connectivity index (χ0v) is 12.1. The molecular formula is C12H17BrN2O2. The summed E-state index contributed by atoms with van der Waals surface area (Å²) in [5.41, 5.74) is 0.0736. The van der Waals surface area contributed by atoms with E-state index in [0.29, 0.717) is 10.2 Å². The van der Waals surface area contributed by atoms with Gasteiger partial charge in [0.1, 0.15) is 0 Å². The number of rotatable bonds is 3. The Balaban J connectivity index is 2.98. The van der Waals surface area contributed by atoms with E-state index in [0.717, 1.165) is 6.42 Å². The molecule has 1 N–H and O–H groups in total. The molecule has 5 heteroatoms. The number of halogens is 1. The Kier molecular flexibility index (Phi) is 4.14. The number of nitrogens with zero attached hydrogens (tertiary/aromatic N) is 1. The first-order chi connectivity index (χ1) is 7.77. The molecule has 0 atom stereocenters. The summed E-state index contributed by atoms with van der Waals surface area (Å²) in [6.45, 7) is 5.74. The Bertz CT molecular complexity index is 466. The lowest BCUT2D eigenvalue weighted by molar-refractivity contribution is -0.124. The van der Waals surface area contributed by atoms with Gasteiger partial charge in [-0.15, -0.1) is 0 Å². The number of hydrogen-bond acceptors (Lipinski definition) is 2. The van der Waals surface area contributed by atoms with Crippen molar-refractivity contribution in [3.8, 4) is 0 Å². The molecule has 0 fully saturated rings. The van der Waals surface area contributed by atoms with E-state index in [9.17, 15) is 9.59 Å². The fourth-order valence-corrected chi connectivity index (χ4v) is 1.73. The second-order valence-electron chi connectivity index (χ2n) is 4.68. The highest BCUT2D eigenvalue weighted by molar-refractivity contribution is 9.10. The molecule has 0 aliphatic heterocycles. The summed E-state index contributed by atoms with van der Waals surface area (Å²) in [5.74, 6) is -0.0504. The lowest BCUT2D eigenvalue weighted by atomic mass is 9.89. The molecule has 1 amide bonds. The predicted octanol–water partition coefficient (Wildman–Crippen LogP) is 2.52. The van der Waals surface area contributed by atoms with Crippen molar-refractivity contribution in [2.45, 2.75) is 27.2 Å². The maximum atomic E-state index is 12.0. The summed E-state index contributed by atoms with van der Waals surface area (Å²) in [6, 6.07) is 1.62. The minimum Gasteiger partial charge on any atom is -0.324 e. The third-order valence-electron chi connectivity index (χ3n) is 2.90. The standard InChI is InChI=1S/C12H17BrN2O2/c1-5-12(2,3)11(17)14-8-6-9(13)10(16)15(4)7-8/h6-7H,5H2,1-4H3,(H,14,17). The zero-order chi connectivity index (χ0) is 13.2. The van der Waals surface area contributed by atoms with Gasteiger partial charge in [-0.3, -0.25) is 9.59 Å². The quantitative estimate of drug-likeness (QED) is 0.932. The van der Waals surface area contributed by atoms with Crippen LogP contribution in [0.1, 0.15) is 27.2 Å². The van der Waals surface area contributed by atoms with Gasteiger partial charge in [0.2, 0.25) is 5.91 Å². The number of hydrogen-bond donors (Lipinski definition) is 1. The van der Waals surface area contributed by atoms with Gasteiger partial charge in [-0.1, -0.05) is 20.8 Å². The smallest absolute Gasteiger partial charge is 0.264 e. The molecule has 0 radical (unpaired) electrons. The van der Waals surface area contributed by atoms with Crippen molar-refractivity contribution < 1.29 is 4.79 Å². The number of carbonyl (C=O) groups is 1. The van der Waals surface area contributed by atoms with E-state index in [-0.39, 0.29) is 11.5 Å². The van der Waals surface area contributed by atoms with Crippen molar-refractivity contribution in [3.05, 3.63) is 27.1 Å². The highest BCUT2D eigenvalue weighted by Gasteiger charge is 2.25. The van der Waals surface area contributed by atoms with Crippen molar-refractivity contribution in [2.75, 3.05) is 5.32 Å². The van der Waals surface area contributed by atoms with Crippen LogP contribution in [-0.4, -0.2) is 10.5 Å². The summed E-state index contributed by atoms with van der Waals surface area (Å²) in [6.07, 6.45) is 2.36. The minimum atomic E-state index is -0.415. The van der Waals surface area contributed by atoms with Crippen LogP contribution >= 0.6 is 15.9 Å². The fraction of sp³-hybridized carbons (Fsp3) is 0.500. The van der Waals surface area contributed by atoms with Crippen LogP contribution in [0.3, 0.4) is 0 Å². The lowest BCUT2D eigenvalue weighted by Crippen LogP contribution is -2.30. The topological polar surface area (TPSA) is 51.1 Å². The second kappa shape index (κ2) is 5.04. The first-order valence-corrected chi connectivity index (χ1v) is 6.25. The Labute approximate surface area is 109 Å². The van der Waals surface area contributed by atoms with E-state index >= 15 is 0 Å². The number of aromatic nitrogens is 1. The number of carbonyl (C=O) groups excluding carboxylic acids is 1. The van der Waals surface area contributed by atoms with Crippen LogP contribution in [0.5, 0.6) is 0 Å². The summed E-state index contributed by atoms with van der Waals surface area (Å²) < 4.78 is 1.87. The van der Waals surface area contributed by atoms with Gasteiger partial charge in [-0.25, -0.2) is 0 Å². The van der Waals surface area contributed by atoms with Crippen molar-refractivity contribution in [3.63, 3.8) is 0 Å². The summed E-state index contributed by atoms with van der Waals surface area (Å²) in [7, 11) is 1.65. The number of nitrogens with one attached hydrogen (secondary N) is 1. The van der Waals surface area contributed by atoms with Crippen LogP contribution in [0.4, 0.5) is 5.69 Å².